The van der Waals surface area contributed by atoms with Gasteiger partial charge in [0.2, 0.25) is 0 Å². The maximum Gasteiger partial charge on any atom is 0.134 e. The van der Waals surface area contributed by atoms with Crippen LogP contribution in [0, 0.1) is 5.92 Å². The van der Waals surface area contributed by atoms with Crippen molar-refractivity contribution in [3.05, 3.63) is 36.1 Å². The van der Waals surface area contributed by atoms with Crippen molar-refractivity contribution >= 4 is 11.0 Å². The first-order valence-corrected chi connectivity index (χ1v) is 7.54. The molecule has 1 aliphatic rings. The molecule has 0 radical (unpaired) electrons. The maximum absolute atomic E-state index is 9.78. The Hall–Kier alpha value is -1.32. The van der Waals surface area contributed by atoms with E-state index in [2.05, 4.69) is 24.4 Å². The normalized spacial score (nSPS) is 27.0. The Labute approximate surface area is 120 Å². The third kappa shape index (κ3) is 2.74. The maximum atomic E-state index is 9.78. The van der Waals surface area contributed by atoms with Crippen LogP contribution in [0.15, 0.2) is 34.7 Å². The van der Waals surface area contributed by atoms with Gasteiger partial charge in [0.05, 0.1) is 13.2 Å². The molecule has 1 fully saturated rings. The summed E-state index contributed by atoms with van der Waals surface area (Å²) in [4.78, 5) is 0. The highest BCUT2D eigenvalue weighted by atomic mass is 16.3. The van der Waals surface area contributed by atoms with Crippen LogP contribution < -0.4 is 5.32 Å². The topological polar surface area (TPSA) is 45.4 Å². The number of aliphatic hydroxyl groups excluding tert-OH is 1. The van der Waals surface area contributed by atoms with E-state index in [0.29, 0.717) is 12.5 Å². The number of rotatable bonds is 4. The molecule has 1 heterocycles. The van der Waals surface area contributed by atoms with Gasteiger partial charge in [0.25, 0.3) is 0 Å². The van der Waals surface area contributed by atoms with E-state index in [9.17, 15) is 5.11 Å². The van der Waals surface area contributed by atoms with Gasteiger partial charge in [0.1, 0.15) is 11.3 Å². The number of furan rings is 1. The second-order valence-electron chi connectivity index (χ2n) is 6.24. The van der Waals surface area contributed by atoms with Gasteiger partial charge in [-0.25, -0.2) is 0 Å². The SMILES string of the molecule is CC1CCCC(CO)(NCc2cc3ccccc3o2)C1. The molecule has 3 heteroatoms. The molecule has 20 heavy (non-hydrogen) atoms. The lowest BCUT2D eigenvalue weighted by atomic mass is 9.77. The Morgan fingerprint density at radius 1 is 1.40 bits per heavy atom. The number of fused-ring (bicyclic) bond motifs is 1. The number of aliphatic hydroxyl groups is 1. The first kappa shape index (κ1) is 13.7. The van der Waals surface area contributed by atoms with Gasteiger partial charge in [-0.15, -0.1) is 0 Å². The minimum Gasteiger partial charge on any atom is -0.460 e. The average Bonchev–Trinajstić information content (AvgIpc) is 2.88. The van der Waals surface area contributed by atoms with Gasteiger partial charge in [0.15, 0.2) is 0 Å². The summed E-state index contributed by atoms with van der Waals surface area (Å²) in [7, 11) is 0. The van der Waals surface area contributed by atoms with Gasteiger partial charge < -0.3 is 14.8 Å². The Bertz CT molecular complexity index is 544. The third-order valence-electron chi connectivity index (χ3n) is 4.51. The summed E-state index contributed by atoms with van der Waals surface area (Å²) in [6.07, 6.45) is 4.56. The van der Waals surface area contributed by atoms with Crippen molar-refractivity contribution in [3.63, 3.8) is 0 Å². The van der Waals surface area contributed by atoms with Gasteiger partial charge in [0, 0.05) is 10.9 Å². The molecule has 0 aliphatic heterocycles. The molecule has 0 amide bonds. The molecule has 1 aliphatic carbocycles. The highest BCUT2D eigenvalue weighted by Gasteiger charge is 2.33. The number of benzene rings is 1. The second-order valence-corrected chi connectivity index (χ2v) is 6.24. The van der Waals surface area contributed by atoms with Crippen LogP contribution in [0.4, 0.5) is 0 Å². The predicted molar refractivity (Wildman–Crippen MR) is 80.5 cm³/mol. The second kappa shape index (κ2) is 5.58. The van der Waals surface area contributed by atoms with Crippen molar-refractivity contribution in [1.29, 1.82) is 0 Å². The highest BCUT2D eigenvalue weighted by molar-refractivity contribution is 5.77. The molecular weight excluding hydrogens is 250 g/mol. The number of nitrogens with one attached hydrogen (secondary N) is 1. The van der Waals surface area contributed by atoms with Crippen LogP contribution in [0.1, 0.15) is 38.4 Å². The molecule has 1 aromatic heterocycles. The summed E-state index contributed by atoms with van der Waals surface area (Å²) in [5, 5.41) is 14.5. The first-order chi connectivity index (χ1) is 9.71. The molecule has 1 saturated carbocycles. The average molecular weight is 273 g/mol. The third-order valence-corrected chi connectivity index (χ3v) is 4.51. The zero-order valence-corrected chi connectivity index (χ0v) is 12.1. The van der Waals surface area contributed by atoms with E-state index in [-0.39, 0.29) is 12.1 Å². The van der Waals surface area contributed by atoms with Gasteiger partial charge in [-0.05, 0) is 30.9 Å². The molecule has 108 valence electrons. The summed E-state index contributed by atoms with van der Waals surface area (Å²) in [6.45, 7) is 3.16. The Balaban J connectivity index is 1.71. The van der Waals surface area contributed by atoms with Crippen molar-refractivity contribution in [3.8, 4) is 0 Å². The lowest BCUT2D eigenvalue weighted by Crippen LogP contribution is -2.51. The minimum absolute atomic E-state index is 0.128. The van der Waals surface area contributed by atoms with Crippen molar-refractivity contribution in [2.24, 2.45) is 5.92 Å². The molecule has 2 unspecified atom stereocenters. The summed E-state index contributed by atoms with van der Waals surface area (Å²) in [5.41, 5.74) is 0.802. The molecule has 2 atom stereocenters. The number of hydrogen-bond donors (Lipinski definition) is 2. The zero-order chi connectivity index (χ0) is 14.0. The van der Waals surface area contributed by atoms with E-state index < -0.39 is 0 Å². The fourth-order valence-corrected chi connectivity index (χ4v) is 3.42. The van der Waals surface area contributed by atoms with Crippen LogP contribution in [-0.4, -0.2) is 17.3 Å². The molecular formula is C17H23NO2. The molecule has 3 nitrogen and oxygen atoms in total. The zero-order valence-electron chi connectivity index (χ0n) is 12.1. The number of hydrogen-bond acceptors (Lipinski definition) is 3. The summed E-state index contributed by atoms with van der Waals surface area (Å²) >= 11 is 0. The van der Waals surface area contributed by atoms with Gasteiger partial charge in [-0.3, -0.25) is 0 Å². The minimum atomic E-state index is -0.128. The van der Waals surface area contributed by atoms with E-state index >= 15 is 0 Å². The van der Waals surface area contributed by atoms with E-state index in [1.165, 1.54) is 12.8 Å². The van der Waals surface area contributed by atoms with Crippen LogP contribution in [0.2, 0.25) is 0 Å². The first-order valence-electron chi connectivity index (χ1n) is 7.54. The van der Waals surface area contributed by atoms with Crippen molar-refractivity contribution in [2.75, 3.05) is 6.61 Å². The van der Waals surface area contributed by atoms with E-state index in [0.717, 1.165) is 29.6 Å². The monoisotopic (exact) mass is 273 g/mol. The Kier molecular flexibility index (Phi) is 3.81. The molecule has 0 bridgehead atoms. The van der Waals surface area contributed by atoms with Crippen LogP contribution in [0.3, 0.4) is 0 Å². The van der Waals surface area contributed by atoms with Gasteiger partial charge in [-0.1, -0.05) is 38.0 Å². The van der Waals surface area contributed by atoms with Crippen LogP contribution in [0.25, 0.3) is 11.0 Å². The molecule has 2 aromatic rings. The number of para-hydroxylation sites is 1. The molecule has 0 saturated heterocycles. The lowest BCUT2D eigenvalue weighted by Gasteiger charge is -2.39. The molecule has 3 rings (SSSR count). The fourth-order valence-electron chi connectivity index (χ4n) is 3.42. The molecule has 0 spiro atoms. The largest absolute Gasteiger partial charge is 0.460 e. The van der Waals surface area contributed by atoms with Crippen molar-refractivity contribution in [1.82, 2.24) is 5.32 Å². The summed E-state index contributed by atoms with van der Waals surface area (Å²) < 4.78 is 5.83. The highest BCUT2D eigenvalue weighted by Crippen LogP contribution is 2.32. The standard InChI is InChI=1S/C17H23NO2/c1-13-5-4-8-17(10-13,12-19)18-11-15-9-14-6-2-3-7-16(14)20-15/h2-3,6-7,9,13,18-19H,4-5,8,10-12H2,1H3. The fraction of sp³-hybridized carbons (Fsp3) is 0.529. The summed E-state index contributed by atoms with van der Waals surface area (Å²) in [5.74, 6) is 1.62. The van der Waals surface area contributed by atoms with E-state index in [4.69, 9.17) is 4.42 Å². The Morgan fingerprint density at radius 3 is 3.00 bits per heavy atom. The molecule has 2 N–H and O–H groups in total. The van der Waals surface area contributed by atoms with E-state index in [1.807, 2.05) is 18.2 Å². The lowest BCUT2D eigenvalue weighted by molar-refractivity contribution is 0.0965. The quantitative estimate of drug-likeness (QED) is 0.896. The smallest absolute Gasteiger partial charge is 0.134 e. The molecule has 1 aromatic carbocycles. The van der Waals surface area contributed by atoms with E-state index in [1.54, 1.807) is 0 Å². The predicted octanol–water partition coefficient (Wildman–Crippen LogP) is 3.46. The Morgan fingerprint density at radius 2 is 2.25 bits per heavy atom. The van der Waals surface area contributed by atoms with Crippen LogP contribution in [0.5, 0.6) is 0 Å². The van der Waals surface area contributed by atoms with Crippen molar-refractivity contribution in [2.45, 2.75) is 44.7 Å². The van der Waals surface area contributed by atoms with Crippen LogP contribution in [-0.2, 0) is 6.54 Å². The summed E-state index contributed by atoms with van der Waals surface area (Å²) in [6, 6.07) is 10.1. The van der Waals surface area contributed by atoms with Crippen molar-refractivity contribution < 1.29 is 9.52 Å². The van der Waals surface area contributed by atoms with Crippen LogP contribution >= 0.6 is 0 Å². The van der Waals surface area contributed by atoms with Gasteiger partial charge >= 0.3 is 0 Å². The van der Waals surface area contributed by atoms with Gasteiger partial charge in [-0.2, -0.15) is 0 Å².